The monoisotopic (exact) mass is 144 g/mol. The van der Waals surface area contributed by atoms with Gasteiger partial charge in [0.2, 0.25) is 5.91 Å². The maximum absolute atomic E-state index is 10.7. The molecule has 0 saturated heterocycles. The van der Waals surface area contributed by atoms with Crippen LogP contribution in [0, 0.1) is 6.42 Å². The van der Waals surface area contributed by atoms with Gasteiger partial charge in [-0.2, -0.15) is 0 Å². The largest absolute Gasteiger partial charge is 0.396 e. The quantitative estimate of drug-likeness (QED) is 0.538. The van der Waals surface area contributed by atoms with Gasteiger partial charge in [-0.1, -0.05) is 6.92 Å². The minimum Gasteiger partial charge on any atom is -0.396 e. The van der Waals surface area contributed by atoms with Crippen molar-refractivity contribution in [1.29, 1.82) is 0 Å². The van der Waals surface area contributed by atoms with Crippen LogP contribution in [-0.4, -0.2) is 24.2 Å². The van der Waals surface area contributed by atoms with Crippen molar-refractivity contribution in [2.45, 2.75) is 19.8 Å². The van der Waals surface area contributed by atoms with E-state index in [9.17, 15) is 4.79 Å². The Balaban J connectivity index is 3.05. The third-order valence-corrected chi connectivity index (χ3v) is 1.02. The normalized spacial score (nSPS) is 9.40. The van der Waals surface area contributed by atoms with Crippen molar-refractivity contribution in [1.82, 2.24) is 5.32 Å². The molecule has 0 aromatic carbocycles. The van der Waals surface area contributed by atoms with Crippen molar-refractivity contribution in [2.24, 2.45) is 0 Å². The predicted octanol–water partition coefficient (Wildman–Crippen LogP) is 0.0993. The van der Waals surface area contributed by atoms with Gasteiger partial charge < -0.3 is 10.4 Å². The second-order valence-electron chi connectivity index (χ2n) is 1.98. The van der Waals surface area contributed by atoms with Gasteiger partial charge >= 0.3 is 0 Å². The Morgan fingerprint density at radius 1 is 1.70 bits per heavy atom. The van der Waals surface area contributed by atoms with E-state index >= 15 is 0 Å². The number of amides is 1. The van der Waals surface area contributed by atoms with Crippen molar-refractivity contribution >= 4 is 5.91 Å². The van der Waals surface area contributed by atoms with E-state index < -0.39 is 0 Å². The third kappa shape index (κ3) is 5.56. The van der Waals surface area contributed by atoms with E-state index in [-0.39, 0.29) is 12.5 Å². The average molecular weight is 144 g/mol. The smallest absolute Gasteiger partial charge is 0.223 e. The highest BCUT2D eigenvalue weighted by Gasteiger charge is 1.96. The summed E-state index contributed by atoms with van der Waals surface area (Å²) in [5.41, 5.74) is 0. The first-order chi connectivity index (χ1) is 4.81. The highest BCUT2D eigenvalue weighted by Crippen LogP contribution is 1.83. The van der Waals surface area contributed by atoms with Crippen LogP contribution in [-0.2, 0) is 4.79 Å². The number of carbonyl (C=O) groups is 1. The zero-order valence-electron chi connectivity index (χ0n) is 6.26. The molecule has 10 heavy (non-hydrogen) atoms. The van der Waals surface area contributed by atoms with Crippen LogP contribution in [0.25, 0.3) is 0 Å². The van der Waals surface area contributed by atoms with E-state index in [2.05, 4.69) is 5.32 Å². The van der Waals surface area contributed by atoms with Gasteiger partial charge in [-0.25, -0.2) is 0 Å². The topological polar surface area (TPSA) is 49.3 Å². The molecule has 1 radical (unpaired) electrons. The molecule has 0 heterocycles. The van der Waals surface area contributed by atoms with E-state index in [1.807, 2.05) is 6.92 Å². The van der Waals surface area contributed by atoms with Gasteiger partial charge in [-0.3, -0.25) is 4.79 Å². The zero-order valence-corrected chi connectivity index (χ0v) is 6.26. The van der Waals surface area contributed by atoms with Crippen LogP contribution in [0.1, 0.15) is 19.8 Å². The molecule has 0 saturated carbocycles. The van der Waals surface area contributed by atoms with E-state index in [4.69, 9.17) is 5.11 Å². The summed E-state index contributed by atoms with van der Waals surface area (Å²) >= 11 is 0. The van der Waals surface area contributed by atoms with Gasteiger partial charge in [0.15, 0.2) is 0 Å². The summed E-state index contributed by atoms with van der Waals surface area (Å²) < 4.78 is 0. The van der Waals surface area contributed by atoms with Crippen LogP contribution < -0.4 is 5.32 Å². The van der Waals surface area contributed by atoms with Crippen LogP contribution in [0.3, 0.4) is 0 Å². The molecule has 0 aromatic rings. The molecule has 1 amide bonds. The minimum atomic E-state index is -0.0454. The summed E-state index contributed by atoms with van der Waals surface area (Å²) in [4.78, 5) is 10.7. The molecule has 0 aliphatic carbocycles. The lowest BCUT2D eigenvalue weighted by atomic mass is 10.3. The Morgan fingerprint density at radius 3 is 2.90 bits per heavy atom. The highest BCUT2D eigenvalue weighted by molar-refractivity contribution is 5.84. The molecule has 59 valence electrons. The Hall–Kier alpha value is -0.570. The zero-order chi connectivity index (χ0) is 7.82. The molecule has 3 heteroatoms. The molecule has 0 fully saturated rings. The van der Waals surface area contributed by atoms with E-state index in [1.54, 1.807) is 6.42 Å². The number of aliphatic hydroxyl groups excluding tert-OH is 1. The summed E-state index contributed by atoms with van der Waals surface area (Å²) in [6.45, 7) is 2.60. The van der Waals surface area contributed by atoms with Gasteiger partial charge in [0, 0.05) is 19.6 Å². The summed E-state index contributed by atoms with van der Waals surface area (Å²) in [5, 5.41) is 11.0. The van der Waals surface area contributed by atoms with Gasteiger partial charge in [0.25, 0.3) is 0 Å². The number of carbonyl (C=O) groups excluding carboxylic acids is 1. The van der Waals surface area contributed by atoms with Crippen LogP contribution >= 0.6 is 0 Å². The predicted molar refractivity (Wildman–Crippen MR) is 39.3 cm³/mol. The van der Waals surface area contributed by atoms with Crippen LogP contribution in [0.15, 0.2) is 0 Å². The van der Waals surface area contributed by atoms with Gasteiger partial charge in [-0.05, 0) is 12.8 Å². The van der Waals surface area contributed by atoms with Crippen molar-refractivity contribution in [3.8, 4) is 0 Å². The molecule has 0 spiro atoms. The number of hydrogen-bond donors (Lipinski definition) is 2. The number of hydrogen-bond acceptors (Lipinski definition) is 2. The summed E-state index contributed by atoms with van der Waals surface area (Å²) in [6, 6.07) is 0. The highest BCUT2D eigenvalue weighted by atomic mass is 16.3. The first kappa shape index (κ1) is 9.43. The minimum absolute atomic E-state index is 0.0454. The molecular formula is C7H14NO2. The molecule has 0 bridgehead atoms. The molecule has 0 aliphatic heterocycles. The first-order valence-electron chi connectivity index (χ1n) is 3.53. The summed E-state index contributed by atoms with van der Waals surface area (Å²) in [7, 11) is 0. The summed E-state index contributed by atoms with van der Waals surface area (Å²) in [5.74, 6) is -0.0454. The second kappa shape index (κ2) is 6.55. The SMILES string of the molecule is CC[CH]C(=O)NCCCO. The van der Waals surface area contributed by atoms with Crippen LogP contribution in [0.2, 0.25) is 0 Å². The van der Waals surface area contributed by atoms with Crippen molar-refractivity contribution in [3.63, 3.8) is 0 Å². The molecule has 0 unspecified atom stereocenters. The van der Waals surface area contributed by atoms with E-state index in [1.165, 1.54) is 0 Å². The van der Waals surface area contributed by atoms with Crippen molar-refractivity contribution in [3.05, 3.63) is 6.42 Å². The number of aliphatic hydroxyl groups is 1. The van der Waals surface area contributed by atoms with Crippen molar-refractivity contribution in [2.75, 3.05) is 13.2 Å². The third-order valence-electron chi connectivity index (χ3n) is 1.02. The maximum Gasteiger partial charge on any atom is 0.223 e. The molecular weight excluding hydrogens is 130 g/mol. The van der Waals surface area contributed by atoms with Crippen LogP contribution in [0.4, 0.5) is 0 Å². The standard InChI is InChI=1S/C7H14NO2/c1-2-4-7(10)8-5-3-6-9/h4,9H,2-3,5-6H2,1H3,(H,8,10). The first-order valence-corrected chi connectivity index (χ1v) is 3.53. The molecule has 0 atom stereocenters. The van der Waals surface area contributed by atoms with E-state index in [0.717, 1.165) is 6.42 Å². The Kier molecular flexibility index (Phi) is 6.18. The van der Waals surface area contributed by atoms with Crippen LogP contribution in [0.5, 0.6) is 0 Å². The summed E-state index contributed by atoms with van der Waals surface area (Å²) in [6.07, 6.45) is 2.96. The Bertz CT molecular complexity index is 93.6. The fraction of sp³-hybridized carbons (Fsp3) is 0.714. The maximum atomic E-state index is 10.7. The molecule has 0 aliphatic rings. The lowest BCUT2D eigenvalue weighted by Gasteiger charge is -2.00. The molecule has 0 rings (SSSR count). The second-order valence-corrected chi connectivity index (χ2v) is 1.98. The van der Waals surface area contributed by atoms with Crippen molar-refractivity contribution < 1.29 is 9.90 Å². The molecule has 3 nitrogen and oxygen atoms in total. The molecule has 0 aromatic heterocycles. The molecule has 2 N–H and O–H groups in total. The van der Waals surface area contributed by atoms with Gasteiger partial charge in [0.05, 0.1) is 0 Å². The van der Waals surface area contributed by atoms with Gasteiger partial charge in [-0.15, -0.1) is 0 Å². The lowest BCUT2D eigenvalue weighted by Crippen LogP contribution is -2.24. The van der Waals surface area contributed by atoms with E-state index in [0.29, 0.717) is 13.0 Å². The fourth-order valence-corrected chi connectivity index (χ4v) is 0.548. The number of rotatable bonds is 5. The van der Waals surface area contributed by atoms with Gasteiger partial charge in [0.1, 0.15) is 0 Å². The fourth-order valence-electron chi connectivity index (χ4n) is 0.548. The Morgan fingerprint density at radius 2 is 2.40 bits per heavy atom. The lowest BCUT2D eigenvalue weighted by molar-refractivity contribution is -0.117. The average Bonchev–Trinajstić information content (AvgIpc) is 1.89. The number of nitrogens with one attached hydrogen (secondary N) is 1. The Labute approximate surface area is 61.4 Å².